The number of amidine groups is 1. The summed E-state index contributed by atoms with van der Waals surface area (Å²) in [6.45, 7) is 6.10. The molecule has 2 aromatic rings. The number of nitrogens with zero attached hydrogens (tertiary/aromatic N) is 3. The summed E-state index contributed by atoms with van der Waals surface area (Å²) in [5.41, 5.74) is 10.3. The first kappa shape index (κ1) is 20.8. The van der Waals surface area contributed by atoms with Crippen molar-refractivity contribution in [1.82, 2.24) is 4.90 Å². The SMILES string of the molecule is CC1=C(C(=O)Nc2ccccc2)[C@@H](c2ccc(C(C)C)cc2)N2C(=N1)SC(C#N)=C2N. The minimum absolute atomic E-state index is 0.243. The van der Waals surface area contributed by atoms with E-state index < -0.39 is 6.04 Å². The van der Waals surface area contributed by atoms with Gasteiger partial charge in [0.2, 0.25) is 0 Å². The fourth-order valence-electron chi connectivity index (χ4n) is 3.73. The monoisotopic (exact) mass is 429 g/mol. The van der Waals surface area contributed by atoms with Crippen molar-refractivity contribution in [2.24, 2.45) is 10.7 Å². The highest BCUT2D eigenvalue weighted by molar-refractivity contribution is 8.17. The lowest BCUT2D eigenvalue weighted by Crippen LogP contribution is -2.39. The number of thioether (sulfide) groups is 1. The van der Waals surface area contributed by atoms with Crippen LogP contribution in [0.1, 0.15) is 43.9 Å². The highest BCUT2D eigenvalue weighted by Gasteiger charge is 2.42. The van der Waals surface area contributed by atoms with Crippen LogP contribution >= 0.6 is 11.8 Å². The smallest absolute Gasteiger partial charge is 0.255 e. The molecule has 2 aromatic carbocycles. The van der Waals surface area contributed by atoms with Crippen LogP contribution in [0.5, 0.6) is 0 Å². The number of fused-ring (bicyclic) bond motifs is 1. The molecule has 31 heavy (non-hydrogen) atoms. The van der Waals surface area contributed by atoms with Crippen LogP contribution in [0.3, 0.4) is 0 Å². The maximum atomic E-state index is 13.4. The van der Waals surface area contributed by atoms with Gasteiger partial charge in [0.1, 0.15) is 16.8 Å². The molecule has 0 fully saturated rings. The number of carbonyl (C=O) groups excluding carboxylic acids is 1. The molecule has 0 aromatic heterocycles. The van der Waals surface area contributed by atoms with Gasteiger partial charge in [0.25, 0.3) is 5.91 Å². The lowest BCUT2D eigenvalue weighted by atomic mass is 9.91. The van der Waals surface area contributed by atoms with E-state index in [1.165, 1.54) is 17.3 Å². The predicted octanol–water partition coefficient (Wildman–Crippen LogP) is 4.83. The lowest BCUT2D eigenvalue weighted by Gasteiger charge is -2.35. The van der Waals surface area contributed by atoms with E-state index in [-0.39, 0.29) is 5.91 Å². The summed E-state index contributed by atoms with van der Waals surface area (Å²) in [6.07, 6.45) is 0. The van der Waals surface area contributed by atoms with Gasteiger partial charge in [-0.2, -0.15) is 5.26 Å². The van der Waals surface area contributed by atoms with E-state index in [2.05, 4.69) is 42.4 Å². The summed E-state index contributed by atoms with van der Waals surface area (Å²) in [5, 5.41) is 13.1. The summed E-state index contributed by atoms with van der Waals surface area (Å²) < 4.78 is 0. The molecule has 1 atom stereocenters. The largest absolute Gasteiger partial charge is 0.383 e. The second-order valence-corrected chi connectivity index (χ2v) is 8.71. The fourth-order valence-corrected chi connectivity index (χ4v) is 4.65. The third-order valence-corrected chi connectivity index (χ3v) is 6.35. The van der Waals surface area contributed by atoms with E-state index in [1.807, 2.05) is 49.4 Å². The molecular weight excluding hydrogens is 406 g/mol. The molecule has 0 unspecified atom stereocenters. The Morgan fingerprint density at radius 2 is 1.87 bits per heavy atom. The lowest BCUT2D eigenvalue weighted by molar-refractivity contribution is -0.113. The van der Waals surface area contributed by atoms with Crippen LogP contribution in [-0.2, 0) is 4.79 Å². The molecule has 0 bridgehead atoms. The Morgan fingerprint density at radius 1 is 1.19 bits per heavy atom. The number of hydrogen-bond donors (Lipinski definition) is 2. The summed E-state index contributed by atoms with van der Waals surface area (Å²) in [7, 11) is 0. The van der Waals surface area contributed by atoms with Crippen LogP contribution in [-0.4, -0.2) is 16.0 Å². The molecule has 0 aliphatic carbocycles. The van der Waals surface area contributed by atoms with Gasteiger partial charge in [0.15, 0.2) is 5.17 Å². The van der Waals surface area contributed by atoms with Crippen LogP contribution in [0.2, 0.25) is 0 Å². The average molecular weight is 430 g/mol. The molecular formula is C24H23N5OS. The Bertz CT molecular complexity index is 1160. The number of nitrogens with two attached hydrogens (primary N) is 1. The zero-order valence-electron chi connectivity index (χ0n) is 17.6. The number of amides is 1. The van der Waals surface area contributed by atoms with Crippen molar-refractivity contribution in [3.8, 4) is 6.07 Å². The van der Waals surface area contributed by atoms with Gasteiger partial charge < -0.3 is 11.1 Å². The van der Waals surface area contributed by atoms with E-state index >= 15 is 0 Å². The zero-order chi connectivity index (χ0) is 22.1. The van der Waals surface area contributed by atoms with Crippen LogP contribution in [0.15, 0.2) is 81.6 Å². The molecule has 2 aliphatic heterocycles. The number of benzene rings is 2. The Kier molecular flexibility index (Phi) is 5.57. The van der Waals surface area contributed by atoms with Gasteiger partial charge in [-0.15, -0.1) is 0 Å². The standard InChI is InChI=1S/C24H23N5OS/c1-14(2)16-9-11-17(12-10-16)21-20(23(30)28-18-7-5-4-6-8-18)15(3)27-24-29(21)22(26)19(13-25)31-24/h4-12,14,21H,26H2,1-3H3,(H,28,30)/t21-/m1/s1. The second kappa shape index (κ2) is 8.32. The summed E-state index contributed by atoms with van der Waals surface area (Å²) in [4.78, 5) is 20.2. The van der Waals surface area contributed by atoms with Gasteiger partial charge in [-0.3, -0.25) is 9.69 Å². The van der Waals surface area contributed by atoms with E-state index in [1.54, 1.807) is 4.90 Å². The average Bonchev–Trinajstić information content (AvgIpc) is 3.08. The normalized spacial score (nSPS) is 18.1. The van der Waals surface area contributed by atoms with Gasteiger partial charge >= 0.3 is 0 Å². The number of anilines is 1. The topological polar surface area (TPSA) is 94.5 Å². The van der Waals surface area contributed by atoms with Crippen molar-refractivity contribution in [2.75, 3.05) is 5.32 Å². The number of hydrogen-bond acceptors (Lipinski definition) is 6. The second-order valence-electron chi connectivity index (χ2n) is 7.74. The molecule has 0 radical (unpaired) electrons. The zero-order valence-corrected chi connectivity index (χ0v) is 18.4. The molecule has 3 N–H and O–H groups in total. The van der Waals surface area contributed by atoms with E-state index in [0.29, 0.717) is 38.8 Å². The van der Waals surface area contributed by atoms with Crippen LogP contribution in [0, 0.1) is 11.3 Å². The quantitative estimate of drug-likeness (QED) is 0.726. The van der Waals surface area contributed by atoms with E-state index in [0.717, 1.165) is 5.56 Å². The van der Waals surface area contributed by atoms with Crippen molar-refractivity contribution in [3.05, 3.63) is 87.7 Å². The number of nitrogens with one attached hydrogen (secondary N) is 1. The van der Waals surface area contributed by atoms with Gasteiger partial charge in [-0.1, -0.05) is 56.3 Å². The number of nitriles is 1. The molecule has 4 rings (SSSR count). The first-order chi connectivity index (χ1) is 14.9. The third kappa shape index (κ3) is 3.82. The number of rotatable bonds is 4. The Hall–Kier alpha value is -3.50. The molecule has 0 saturated heterocycles. The number of allylic oxidation sites excluding steroid dienone is 2. The molecule has 7 heteroatoms. The van der Waals surface area contributed by atoms with Crippen LogP contribution in [0.25, 0.3) is 0 Å². The number of aliphatic imine (C=N–C) groups is 1. The van der Waals surface area contributed by atoms with Crippen LogP contribution < -0.4 is 11.1 Å². The highest BCUT2D eigenvalue weighted by Crippen LogP contribution is 2.45. The summed E-state index contributed by atoms with van der Waals surface area (Å²) in [6, 6.07) is 19.2. The third-order valence-electron chi connectivity index (χ3n) is 5.37. The summed E-state index contributed by atoms with van der Waals surface area (Å²) >= 11 is 1.23. The Balaban J connectivity index is 1.81. The van der Waals surface area contributed by atoms with Crippen molar-refractivity contribution in [1.29, 1.82) is 5.26 Å². The number of carbonyl (C=O) groups is 1. The predicted molar refractivity (Wildman–Crippen MR) is 125 cm³/mol. The van der Waals surface area contributed by atoms with Gasteiger partial charge in [-0.05, 0) is 47.9 Å². The van der Waals surface area contributed by atoms with E-state index in [9.17, 15) is 10.1 Å². The van der Waals surface area contributed by atoms with Crippen molar-refractivity contribution in [3.63, 3.8) is 0 Å². The number of para-hydroxylation sites is 1. The van der Waals surface area contributed by atoms with Crippen molar-refractivity contribution < 1.29 is 4.79 Å². The minimum atomic E-state index is -0.476. The van der Waals surface area contributed by atoms with E-state index in [4.69, 9.17) is 5.73 Å². The fraction of sp³-hybridized carbons (Fsp3) is 0.208. The molecule has 2 heterocycles. The first-order valence-corrected chi connectivity index (χ1v) is 10.8. The molecule has 2 aliphatic rings. The Morgan fingerprint density at radius 3 is 2.48 bits per heavy atom. The molecule has 0 saturated carbocycles. The molecule has 156 valence electrons. The van der Waals surface area contributed by atoms with Gasteiger partial charge in [0.05, 0.1) is 17.3 Å². The van der Waals surface area contributed by atoms with Gasteiger partial charge in [-0.25, -0.2) is 4.99 Å². The summed E-state index contributed by atoms with van der Waals surface area (Å²) in [5.74, 6) is 0.475. The van der Waals surface area contributed by atoms with Gasteiger partial charge in [0, 0.05) is 5.69 Å². The first-order valence-electron chi connectivity index (χ1n) is 10.0. The maximum Gasteiger partial charge on any atom is 0.255 e. The maximum absolute atomic E-state index is 13.4. The molecule has 0 spiro atoms. The van der Waals surface area contributed by atoms with Crippen LogP contribution in [0.4, 0.5) is 5.69 Å². The molecule has 6 nitrogen and oxygen atoms in total. The Labute approximate surface area is 186 Å². The molecule has 1 amide bonds. The highest BCUT2D eigenvalue weighted by atomic mass is 32.2. The van der Waals surface area contributed by atoms with Crippen molar-refractivity contribution >= 4 is 28.5 Å². The minimum Gasteiger partial charge on any atom is -0.383 e. The van der Waals surface area contributed by atoms with Crippen molar-refractivity contribution in [2.45, 2.75) is 32.7 Å².